The summed E-state index contributed by atoms with van der Waals surface area (Å²) in [5, 5.41) is 18.1. The van der Waals surface area contributed by atoms with Gasteiger partial charge in [-0.15, -0.1) is 0 Å². The molecule has 0 aliphatic heterocycles. The van der Waals surface area contributed by atoms with Gasteiger partial charge < -0.3 is 10.7 Å². The third-order valence-corrected chi connectivity index (χ3v) is 3.35. The quantitative estimate of drug-likeness (QED) is 0.222. The lowest BCUT2D eigenvalue weighted by Gasteiger charge is -2.07. The molecule has 0 heterocycles. The largest absolute Gasteiger partial charge is 0.352 e. The second kappa shape index (κ2) is 6.97. The predicted molar refractivity (Wildman–Crippen MR) is 75.8 cm³/mol. The molecular weight excluding hydrogens is 302 g/mol. The number of benzene rings is 1. The molecule has 1 aromatic rings. The van der Waals surface area contributed by atoms with E-state index in [9.17, 15) is 23.3 Å². The lowest BCUT2D eigenvalue weighted by Crippen LogP contribution is -2.28. The monoisotopic (exact) mass is 317 g/mol. The Labute approximate surface area is 120 Å². The van der Waals surface area contributed by atoms with Crippen molar-refractivity contribution >= 4 is 27.3 Å². The Hall–Kier alpha value is -2.24. The third kappa shape index (κ3) is 5.33. The number of hydrazine groups is 1. The van der Waals surface area contributed by atoms with Gasteiger partial charge in [-0.2, -0.15) is 0 Å². The second-order valence-corrected chi connectivity index (χ2v) is 5.84. The number of nitrogens with one attached hydrogen (secondary N) is 2. The summed E-state index contributed by atoms with van der Waals surface area (Å²) < 4.78 is 21.5. The molecule has 0 saturated carbocycles. The van der Waals surface area contributed by atoms with Gasteiger partial charge in [-0.05, 0) is 18.6 Å². The minimum Gasteiger partial charge on any atom is -0.352 e. The van der Waals surface area contributed by atoms with Gasteiger partial charge in [0.1, 0.15) is 5.56 Å². The molecule has 0 radical (unpaired) electrons. The van der Waals surface area contributed by atoms with E-state index in [0.717, 1.165) is 6.07 Å². The van der Waals surface area contributed by atoms with Crippen LogP contribution in [0.2, 0.25) is 0 Å². The van der Waals surface area contributed by atoms with E-state index in [1.54, 1.807) is 0 Å². The SMILES string of the molecule is NNc1ccc([N+](=O)[O-])c(C(=O)NCCCS(N)(=O)=O)c1. The van der Waals surface area contributed by atoms with Crippen LogP contribution in [0.1, 0.15) is 16.8 Å². The summed E-state index contributed by atoms with van der Waals surface area (Å²) in [5.41, 5.74) is 2.05. The lowest BCUT2D eigenvalue weighted by atomic mass is 10.1. The molecule has 116 valence electrons. The highest BCUT2D eigenvalue weighted by Gasteiger charge is 2.20. The van der Waals surface area contributed by atoms with Crippen molar-refractivity contribution in [2.45, 2.75) is 6.42 Å². The van der Waals surface area contributed by atoms with Gasteiger partial charge in [0.25, 0.3) is 11.6 Å². The number of rotatable bonds is 7. The van der Waals surface area contributed by atoms with Crippen molar-refractivity contribution in [2.24, 2.45) is 11.0 Å². The fourth-order valence-electron chi connectivity index (χ4n) is 1.54. The fraction of sp³-hybridized carbons (Fsp3) is 0.300. The lowest BCUT2D eigenvalue weighted by molar-refractivity contribution is -0.385. The van der Waals surface area contributed by atoms with Crippen LogP contribution in [0.3, 0.4) is 0 Å². The first-order valence-corrected chi connectivity index (χ1v) is 7.50. The average molecular weight is 317 g/mol. The Kier molecular flexibility index (Phi) is 5.58. The summed E-state index contributed by atoms with van der Waals surface area (Å²) in [7, 11) is -3.61. The summed E-state index contributed by atoms with van der Waals surface area (Å²) >= 11 is 0. The van der Waals surface area contributed by atoms with Crippen LogP contribution in [-0.4, -0.2) is 31.5 Å². The van der Waals surface area contributed by atoms with Crippen LogP contribution >= 0.6 is 0 Å². The molecule has 1 amide bonds. The van der Waals surface area contributed by atoms with Gasteiger partial charge in [0.05, 0.1) is 10.7 Å². The predicted octanol–water partition coefficient (Wildman–Crippen LogP) is -0.711. The molecular formula is C10H15N5O5S. The first-order chi connectivity index (χ1) is 9.74. The van der Waals surface area contributed by atoms with E-state index in [2.05, 4.69) is 10.7 Å². The number of anilines is 1. The molecule has 1 rings (SSSR count). The van der Waals surface area contributed by atoms with Crippen LogP contribution in [-0.2, 0) is 10.0 Å². The summed E-state index contributed by atoms with van der Waals surface area (Å²) in [4.78, 5) is 22.1. The van der Waals surface area contributed by atoms with Crippen LogP contribution < -0.4 is 21.7 Å². The molecule has 0 bridgehead atoms. The van der Waals surface area contributed by atoms with E-state index in [0.29, 0.717) is 5.69 Å². The molecule has 21 heavy (non-hydrogen) atoms. The van der Waals surface area contributed by atoms with E-state index in [4.69, 9.17) is 11.0 Å². The Morgan fingerprint density at radius 1 is 1.38 bits per heavy atom. The Morgan fingerprint density at radius 3 is 2.57 bits per heavy atom. The number of nitro groups is 1. The first-order valence-electron chi connectivity index (χ1n) is 5.78. The van der Waals surface area contributed by atoms with Crippen LogP contribution in [0.25, 0.3) is 0 Å². The van der Waals surface area contributed by atoms with Crippen LogP contribution in [0.4, 0.5) is 11.4 Å². The molecule has 10 nitrogen and oxygen atoms in total. The molecule has 0 aromatic heterocycles. The summed E-state index contributed by atoms with van der Waals surface area (Å²) in [6, 6.07) is 3.73. The number of nitrogens with zero attached hydrogens (tertiary/aromatic N) is 1. The van der Waals surface area contributed by atoms with Gasteiger partial charge >= 0.3 is 0 Å². The van der Waals surface area contributed by atoms with Crippen molar-refractivity contribution in [2.75, 3.05) is 17.7 Å². The first kappa shape index (κ1) is 16.8. The maximum Gasteiger partial charge on any atom is 0.282 e. The molecule has 0 atom stereocenters. The number of nitrogens with two attached hydrogens (primary N) is 2. The maximum atomic E-state index is 11.9. The second-order valence-electron chi connectivity index (χ2n) is 4.11. The van der Waals surface area contributed by atoms with E-state index in [1.807, 2.05) is 0 Å². The smallest absolute Gasteiger partial charge is 0.282 e. The summed E-state index contributed by atoms with van der Waals surface area (Å²) in [6.07, 6.45) is 0.104. The highest BCUT2D eigenvalue weighted by atomic mass is 32.2. The molecule has 6 N–H and O–H groups in total. The van der Waals surface area contributed by atoms with Crippen LogP contribution in [0.5, 0.6) is 0 Å². The van der Waals surface area contributed by atoms with E-state index in [-0.39, 0.29) is 30.0 Å². The van der Waals surface area contributed by atoms with Crippen molar-refractivity contribution in [1.29, 1.82) is 0 Å². The van der Waals surface area contributed by atoms with Crippen molar-refractivity contribution in [3.05, 3.63) is 33.9 Å². The number of hydrogen-bond acceptors (Lipinski definition) is 7. The minimum absolute atomic E-state index is 0.0205. The normalized spacial score (nSPS) is 11.0. The van der Waals surface area contributed by atoms with Crippen LogP contribution in [0, 0.1) is 10.1 Å². The maximum absolute atomic E-state index is 11.9. The van der Waals surface area contributed by atoms with Gasteiger partial charge in [-0.25, -0.2) is 13.6 Å². The van der Waals surface area contributed by atoms with E-state index >= 15 is 0 Å². The number of sulfonamides is 1. The molecule has 0 saturated heterocycles. The fourth-order valence-corrected chi connectivity index (χ4v) is 2.08. The number of carbonyl (C=O) groups is 1. The topological polar surface area (TPSA) is 170 Å². The van der Waals surface area contributed by atoms with Crippen molar-refractivity contribution in [3.8, 4) is 0 Å². The highest BCUT2D eigenvalue weighted by molar-refractivity contribution is 7.89. The zero-order chi connectivity index (χ0) is 16.0. The Bertz CT molecular complexity index is 645. The zero-order valence-electron chi connectivity index (χ0n) is 10.9. The molecule has 11 heteroatoms. The van der Waals surface area contributed by atoms with Gasteiger partial charge in [0.15, 0.2) is 0 Å². The van der Waals surface area contributed by atoms with E-state index < -0.39 is 20.9 Å². The minimum atomic E-state index is -3.61. The van der Waals surface area contributed by atoms with Crippen LogP contribution in [0.15, 0.2) is 18.2 Å². The van der Waals surface area contributed by atoms with Gasteiger partial charge in [-0.3, -0.25) is 20.8 Å². The number of amides is 1. The van der Waals surface area contributed by atoms with Crippen molar-refractivity contribution < 1.29 is 18.1 Å². The number of hydrogen-bond donors (Lipinski definition) is 4. The Morgan fingerprint density at radius 2 is 2.05 bits per heavy atom. The molecule has 1 aromatic carbocycles. The summed E-state index contributed by atoms with van der Waals surface area (Å²) in [5.74, 6) is 4.19. The number of nitro benzene ring substituents is 1. The van der Waals surface area contributed by atoms with Gasteiger partial charge in [-0.1, -0.05) is 0 Å². The number of primary sulfonamides is 1. The zero-order valence-corrected chi connectivity index (χ0v) is 11.7. The summed E-state index contributed by atoms with van der Waals surface area (Å²) in [6.45, 7) is 0.0205. The highest BCUT2D eigenvalue weighted by Crippen LogP contribution is 2.22. The molecule has 0 fully saturated rings. The standard InChI is InChI=1S/C10H15N5O5S/c11-14-7-2-3-9(15(17)18)8(6-7)10(16)13-4-1-5-21(12,19)20/h2-3,6,14H,1,4-5,11H2,(H,13,16)(H2,12,19,20). The molecule has 0 aliphatic rings. The average Bonchev–Trinajstić information content (AvgIpc) is 2.41. The van der Waals surface area contributed by atoms with Gasteiger partial charge in [0, 0.05) is 18.3 Å². The van der Waals surface area contributed by atoms with E-state index in [1.165, 1.54) is 12.1 Å². The van der Waals surface area contributed by atoms with Crippen molar-refractivity contribution in [3.63, 3.8) is 0 Å². The van der Waals surface area contributed by atoms with Gasteiger partial charge in [0.2, 0.25) is 10.0 Å². The molecule has 0 aliphatic carbocycles. The molecule has 0 spiro atoms. The number of carbonyl (C=O) groups excluding carboxylic acids is 1. The molecule has 0 unspecified atom stereocenters. The Balaban J connectivity index is 2.79. The number of nitrogen functional groups attached to an aromatic ring is 1. The third-order valence-electron chi connectivity index (χ3n) is 2.50. The van der Waals surface area contributed by atoms with Crippen molar-refractivity contribution in [1.82, 2.24) is 5.32 Å².